The number of rotatable bonds is 2. The van der Waals surface area contributed by atoms with Crippen LogP contribution in [0.5, 0.6) is 5.75 Å². The molecule has 0 aliphatic heterocycles. The van der Waals surface area contributed by atoms with Crippen LogP contribution in [0.15, 0.2) is 18.2 Å². The maximum absolute atomic E-state index is 12.1. The first-order valence-corrected chi connectivity index (χ1v) is 4.32. The number of aliphatic hydroxyl groups is 1. The van der Waals surface area contributed by atoms with Gasteiger partial charge in [-0.25, -0.2) is 0 Å². The second-order valence-electron chi connectivity index (χ2n) is 2.84. The van der Waals surface area contributed by atoms with Crippen LogP contribution in [0.4, 0.5) is 13.2 Å². The maximum atomic E-state index is 12.1. The predicted molar refractivity (Wildman–Crippen MR) is 49.0 cm³/mol. The van der Waals surface area contributed by atoms with Gasteiger partial charge in [0.2, 0.25) is 0 Å². The number of ether oxygens (including phenoxy) is 1. The van der Waals surface area contributed by atoms with Crippen LogP contribution >= 0.6 is 11.6 Å². The van der Waals surface area contributed by atoms with E-state index in [1.54, 1.807) is 0 Å². The highest BCUT2D eigenvalue weighted by molar-refractivity contribution is 6.32. The van der Waals surface area contributed by atoms with Crippen molar-refractivity contribution in [2.45, 2.75) is 12.3 Å². The van der Waals surface area contributed by atoms with E-state index in [4.69, 9.17) is 21.4 Å². The summed E-state index contributed by atoms with van der Waals surface area (Å²) in [5, 5.41) is 8.95. The van der Waals surface area contributed by atoms with Gasteiger partial charge in [0, 0.05) is 0 Å². The second kappa shape index (κ2) is 4.28. The van der Waals surface area contributed by atoms with E-state index in [9.17, 15) is 13.2 Å². The lowest BCUT2D eigenvalue weighted by Gasteiger charge is -2.15. The monoisotopic (exact) mass is 240 g/mol. The van der Waals surface area contributed by atoms with E-state index in [1.165, 1.54) is 13.2 Å². The van der Waals surface area contributed by atoms with E-state index in [0.29, 0.717) is 0 Å². The first-order valence-electron chi connectivity index (χ1n) is 3.94. The van der Waals surface area contributed by atoms with Crippen LogP contribution in [0.1, 0.15) is 11.7 Å². The Balaban J connectivity index is 3.02. The Morgan fingerprint density at radius 1 is 1.40 bits per heavy atom. The molecule has 6 heteroatoms. The molecule has 0 amide bonds. The van der Waals surface area contributed by atoms with Gasteiger partial charge in [-0.2, -0.15) is 13.2 Å². The summed E-state index contributed by atoms with van der Waals surface area (Å²) in [6.45, 7) is 0. The molecule has 0 saturated carbocycles. The average Bonchev–Trinajstić information content (AvgIpc) is 2.15. The zero-order valence-electron chi connectivity index (χ0n) is 7.68. The summed E-state index contributed by atoms with van der Waals surface area (Å²) in [7, 11) is 1.35. The minimum absolute atomic E-state index is 0.0262. The molecule has 0 spiro atoms. The Morgan fingerprint density at radius 2 is 2.00 bits per heavy atom. The molecule has 0 radical (unpaired) electrons. The smallest absolute Gasteiger partial charge is 0.418 e. The third-order valence-corrected chi connectivity index (χ3v) is 2.10. The van der Waals surface area contributed by atoms with E-state index >= 15 is 0 Å². The van der Waals surface area contributed by atoms with Gasteiger partial charge in [-0.15, -0.1) is 0 Å². The van der Waals surface area contributed by atoms with Gasteiger partial charge in [0.15, 0.2) is 6.10 Å². The summed E-state index contributed by atoms with van der Waals surface area (Å²) in [4.78, 5) is 0. The molecule has 0 heterocycles. The minimum atomic E-state index is -4.70. The molecule has 0 saturated heterocycles. The molecule has 0 unspecified atom stereocenters. The Hall–Kier alpha value is -0.940. The molecule has 0 aromatic heterocycles. The highest BCUT2D eigenvalue weighted by atomic mass is 35.5. The Labute approximate surface area is 89.2 Å². The summed E-state index contributed by atoms with van der Waals surface area (Å²) in [5.74, 6) is 0.259. The minimum Gasteiger partial charge on any atom is -0.495 e. The van der Waals surface area contributed by atoms with Crippen LogP contribution in [0.2, 0.25) is 5.02 Å². The van der Waals surface area contributed by atoms with Gasteiger partial charge in [0.25, 0.3) is 0 Å². The third kappa shape index (κ3) is 2.76. The second-order valence-corrected chi connectivity index (χ2v) is 3.25. The topological polar surface area (TPSA) is 29.5 Å². The fourth-order valence-corrected chi connectivity index (χ4v) is 1.31. The predicted octanol–water partition coefficient (Wildman–Crippen LogP) is 2.94. The van der Waals surface area contributed by atoms with Crippen molar-refractivity contribution < 1.29 is 23.0 Å². The van der Waals surface area contributed by atoms with Crippen LogP contribution in [-0.2, 0) is 0 Å². The molecule has 1 rings (SSSR count). The van der Waals surface area contributed by atoms with Crippen LogP contribution in [0.25, 0.3) is 0 Å². The zero-order valence-corrected chi connectivity index (χ0v) is 8.43. The van der Waals surface area contributed by atoms with Crippen molar-refractivity contribution in [3.63, 3.8) is 0 Å². The molecule has 0 aliphatic rings. The number of methoxy groups -OCH3 is 1. The Morgan fingerprint density at radius 3 is 2.40 bits per heavy atom. The van der Waals surface area contributed by atoms with Crippen molar-refractivity contribution in [1.82, 2.24) is 0 Å². The molecule has 0 bridgehead atoms. The fraction of sp³-hybridized carbons (Fsp3) is 0.333. The Bertz CT molecular complexity index is 352. The van der Waals surface area contributed by atoms with Gasteiger partial charge in [-0.1, -0.05) is 17.7 Å². The fourth-order valence-electron chi connectivity index (χ4n) is 1.04. The van der Waals surface area contributed by atoms with Gasteiger partial charge < -0.3 is 9.84 Å². The molecule has 84 valence electrons. The number of benzene rings is 1. The summed E-state index contributed by atoms with van der Waals surface area (Å²) in [6.07, 6.45) is -7.22. The van der Waals surface area contributed by atoms with Gasteiger partial charge in [0.05, 0.1) is 12.1 Å². The van der Waals surface area contributed by atoms with Crippen LogP contribution < -0.4 is 4.74 Å². The third-order valence-electron chi connectivity index (χ3n) is 1.80. The van der Waals surface area contributed by atoms with E-state index in [2.05, 4.69) is 0 Å². The molecule has 15 heavy (non-hydrogen) atoms. The summed E-state index contributed by atoms with van der Waals surface area (Å²) < 4.78 is 41.1. The lowest BCUT2D eigenvalue weighted by Crippen LogP contribution is -2.20. The van der Waals surface area contributed by atoms with Crippen LogP contribution in [-0.4, -0.2) is 18.4 Å². The van der Waals surface area contributed by atoms with Crippen molar-refractivity contribution in [3.8, 4) is 5.75 Å². The van der Waals surface area contributed by atoms with Gasteiger partial charge in [-0.3, -0.25) is 0 Å². The highest BCUT2D eigenvalue weighted by Crippen LogP contribution is 2.35. The molecule has 1 atom stereocenters. The highest BCUT2D eigenvalue weighted by Gasteiger charge is 2.39. The molecular formula is C9H8ClF3O2. The quantitative estimate of drug-likeness (QED) is 0.861. The standard InChI is InChI=1S/C9H8ClF3O2/c1-15-7-3-2-5(4-6(7)10)8(14)9(11,12)13/h2-4,8,14H,1H3/t8-/m0/s1. The number of halogens is 4. The average molecular weight is 241 g/mol. The first kappa shape index (κ1) is 12.1. The lowest BCUT2D eigenvalue weighted by molar-refractivity contribution is -0.206. The van der Waals surface area contributed by atoms with Gasteiger partial charge >= 0.3 is 6.18 Å². The number of hydrogen-bond acceptors (Lipinski definition) is 2. The SMILES string of the molecule is COc1ccc([C@H](O)C(F)(F)F)cc1Cl. The summed E-state index contributed by atoms with van der Waals surface area (Å²) in [6, 6.07) is 3.41. The largest absolute Gasteiger partial charge is 0.495 e. The van der Waals surface area contributed by atoms with Gasteiger partial charge in [0.1, 0.15) is 5.75 Å². The molecule has 2 nitrogen and oxygen atoms in total. The summed E-state index contributed by atoms with van der Waals surface area (Å²) >= 11 is 5.62. The summed E-state index contributed by atoms with van der Waals surface area (Å²) in [5.41, 5.74) is -0.312. The number of aliphatic hydroxyl groups excluding tert-OH is 1. The van der Waals surface area contributed by atoms with Crippen LogP contribution in [0, 0.1) is 0 Å². The molecule has 1 N–H and O–H groups in total. The van der Waals surface area contributed by atoms with Crippen molar-refractivity contribution in [3.05, 3.63) is 28.8 Å². The van der Waals surface area contributed by atoms with E-state index in [1.807, 2.05) is 0 Å². The van der Waals surface area contributed by atoms with E-state index < -0.39 is 12.3 Å². The van der Waals surface area contributed by atoms with Crippen molar-refractivity contribution in [1.29, 1.82) is 0 Å². The Kier molecular flexibility index (Phi) is 3.46. The number of alkyl halides is 3. The zero-order chi connectivity index (χ0) is 11.6. The van der Waals surface area contributed by atoms with E-state index in [0.717, 1.165) is 12.1 Å². The van der Waals surface area contributed by atoms with Crippen molar-refractivity contribution in [2.24, 2.45) is 0 Å². The molecule has 1 aromatic rings. The number of hydrogen-bond donors (Lipinski definition) is 1. The molecule has 0 fully saturated rings. The maximum Gasteiger partial charge on any atom is 0.418 e. The van der Waals surface area contributed by atoms with Crippen molar-refractivity contribution in [2.75, 3.05) is 7.11 Å². The molecular weight excluding hydrogens is 233 g/mol. The first-order chi connectivity index (χ1) is 6.86. The van der Waals surface area contributed by atoms with Crippen LogP contribution in [0.3, 0.4) is 0 Å². The van der Waals surface area contributed by atoms with Crippen molar-refractivity contribution >= 4 is 11.6 Å². The lowest BCUT2D eigenvalue weighted by atomic mass is 10.1. The molecule has 0 aliphatic carbocycles. The normalized spacial score (nSPS) is 13.7. The molecule has 1 aromatic carbocycles. The van der Waals surface area contributed by atoms with E-state index in [-0.39, 0.29) is 16.3 Å². The van der Waals surface area contributed by atoms with Gasteiger partial charge in [-0.05, 0) is 17.7 Å².